The Morgan fingerprint density at radius 2 is 1.41 bits per heavy atom. The molecule has 5 nitrogen and oxygen atoms in total. The van der Waals surface area contributed by atoms with Gasteiger partial charge in [-0.25, -0.2) is 4.79 Å². The van der Waals surface area contributed by atoms with Crippen LogP contribution in [0.4, 0.5) is 4.79 Å². The van der Waals surface area contributed by atoms with E-state index in [1.165, 1.54) is 27.2 Å². The second-order valence-corrected chi connectivity index (χ2v) is 8.11. The van der Waals surface area contributed by atoms with Gasteiger partial charge >= 0.3 is 12.1 Å². The summed E-state index contributed by atoms with van der Waals surface area (Å²) in [7, 11) is 1.65. The zero-order chi connectivity index (χ0) is 22.5. The highest BCUT2D eigenvalue weighted by Gasteiger charge is 2.30. The van der Waals surface area contributed by atoms with Gasteiger partial charge in [0, 0.05) is 19.0 Å². The van der Waals surface area contributed by atoms with E-state index in [2.05, 4.69) is 24.3 Å². The van der Waals surface area contributed by atoms with Crippen LogP contribution in [-0.4, -0.2) is 36.7 Å². The molecule has 0 aromatic heterocycles. The molecule has 1 atom stereocenters. The van der Waals surface area contributed by atoms with Crippen molar-refractivity contribution in [2.24, 2.45) is 0 Å². The molecule has 0 aliphatic heterocycles. The van der Waals surface area contributed by atoms with E-state index >= 15 is 0 Å². The van der Waals surface area contributed by atoms with Crippen LogP contribution in [0.15, 0.2) is 78.9 Å². The van der Waals surface area contributed by atoms with Crippen molar-refractivity contribution in [3.8, 4) is 11.1 Å². The van der Waals surface area contributed by atoms with E-state index in [4.69, 9.17) is 9.47 Å². The minimum Gasteiger partial charge on any atom is -0.461 e. The maximum Gasteiger partial charge on any atom is 0.409 e. The van der Waals surface area contributed by atoms with Crippen LogP contribution in [0.25, 0.3) is 11.1 Å². The molecule has 0 spiro atoms. The van der Waals surface area contributed by atoms with Crippen LogP contribution in [0, 0.1) is 0 Å². The predicted molar refractivity (Wildman–Crippen MR) is 123 cm³/mol. The maximum absolute atomic E-state index is 12.7. The number of amides is 1. The first kappa shape index (κ1) is 21.6. The highest BCUT2D eigenvalue weighted by molar-refractivity contribution is 5.79. The van der Waals surface area contributed by atoms with Crippen molar-refractivity contribution >= 4 is 12.1 Å². The summed E-state index contributed by atoms with van der Waals surface area (Å²) in [4.78, 5) is 26.3. The van der Waals surface area contributed by atoms with Gasteiger partial charge in [-0.2, -0.15) is 0 Å². The third kappa shape index (κ3) is 4.67. The number of carbonyl (C=O) groups is 2. The van der Waals surface area contributed by atoms with Gasteiger partial charge in [-0.05, 0) is 34.7 Å². The fraction of sp³-hybridized carbons (Fsp3) is 0.259. The SMILES string of the molecule is C[C@H](CC(=O)OCc1ccccc1)N(C)C(=O)OCC1c2ccccc2-c2ccccc21. The lowest BCUT2D eigenvalue weighted by Crippen LogP contribution is -2.37. The molecule has 0 radical (unpaired) electrons. The lowest BCUT2D eigenvalue weighted by Gasteiger charge is -2.24. The molecule has 5 heteroatoms. The molecule has 0 saturated carbocycles. The molecule has 0 bridgehead atoms. The predicted octanol–water partition coefficient (Wildman–Crippen LogP) is 5.39. The van der Waals surface area contributed by atoms with E-state index in [9.17, 15) is 9.59 Å². The molecule has 1 aliphatic rings. The second-order valence-electron chi connectivity index (χ2n) is 8.11. The zero-order valence-corrected chi connectivity index (χ0v) is 18.4. The number of ether oxygens (including phenoxy) is 2. The summed E-state index contributed by atoms with van der Waals surface area (Å²) < 4.78 is 11.0. The van der Waals surface area contributed by atoms with Gasteiger partial charge in [0.05, 0.1) is 6.42 Å². The summed E-state index contributed by atoms with van der Waals surface area (Å²) in [6, 6.07) is 25.6. The molecule has 0 fully saturated rings. The minimum absolute atomic E-state index is 0.00546. The summed E-state index contributed by atoms with van der Waals surface area (Å²) >= 11 is 0. The third-order valence-corrected chi connectivity index (χ3v) is 5.99. The highest BCUT2D eigenvalue weighted by atomic mass is 16.6. The Balaban J connectivity index is 1.31. The highest BCUT2D eigenvalue weighted by Crippen LogP contribution is 2.44. The van der Waals surface area contributed by atoms with E-state index in [1.807, 2.05) is 61.5 Å². The molecule has 0 heterocycles. The molecule has 3 aromatic rings. The van der Waals surface area contributed by atoms with Crippen molar-refractivity contribution in [2.45, 2.75) is 31.9 Å². The van der Waals surface area contributed by atoms with Crippen molar-refractivity contribution in [1.29, 1.82) is 0 Å². The molecule has 0 unspecified atom stereocenters. The quantitative estimate of drug-likeness (QED) is 0.473. The Morgan fingerprint density at radius 1 is 0.844 bits per heavy atom. The molecule has 0 saturated heterocycles. The minimum atomic E-state index is -0.449. The Morgan fingerprint density at radius 3 is 2.03 bits per heavy atom. The van der Waals surface area contributed by atoms with Crippen LogP contribution in [0.5, 0.6) is 0 Å². The molecule has 3 aromatic carbocycles. The fourth-order valence-corrected chi connectivity index (χ4v) is 4.05. The summed E-state index contributed by atoms with van der Waals surface area (Å²) in [6.45, 7) is 2.29. The molecule has 0 N–H and O–H groups in total. The summed E-state index contributed by atoms with van der Waals surface area (Å²) in [5.41, 5.74) is 5.64. The average Bonchev–Trinajstić information content (AvgIpc) is 3.15. The van der Waals surface area contributed by atoms with Crippen molar-refractivity contribution < 1.29 is 19.1 Å². The van der Waals surface area contributed by atoms with Crippen LogP contribution in [-0.2, 0) is 20.9 Å². The number of rotatable bonds is 7. The van der Waals surface area contributed by atoms with Crippen LogP contribution in [0.2, 0.25) is 0 Å². The van der Waals surface area contributed by atoms with Crippen molar-refractivity contribution in [1.82, 2.24) is 4.90 Å². The van der Waals surface area contributed by atoms with Crippen LogP contribution in [0.3, 0.4) is 0 Å². The molecule has 32 heavy (non-hydrogen) atoms. The lowest BCUT2D eigenvalue weighted by molar-refractivity contribution is -0.146. The van der Waals surface area contributed by atoms with Gasteiger partial charge < -0.3 is 14.4 Å². The van der Waals surface area contributed by atoms with Gasteiger partial charge in [0.2, 0.25) is 0 Å². The standard InChI is InChI=1S/C27H27NO4/c1-19(16-26(29)31-17-20-10-4-3-5-11-20)28(2)27(30)32-18-25-23-14-8-6-12-21(23)22-13-7-9-15-24(22)25/h3-15,19,25H,16-18H2,1-2H3/t19-/m1/s1. The smallest absolute Gasteiger partial charge is 0.409 e. The Hall–Kier alpha value is -3.60. The number of nitrogens with zero attached hydrogens (tertiary/aromatic N) is 1. The number of fused-ring (bicyclic) bond motifs is 3. The monoisotopic (exact) mass is 429 g/mol. The van der Waals surface area contributed by atoms with Crippen LogP contribution < -0.4 is 0 Å². The molecular weight excluding hydrogens is 402 g/mol. The third-order valence-electron chi connectivity index (χ3n) is 5.99. The van der Waals surface area contributed by atoms with E-state index < -0.39 is 6.09 Å². The number of benzene rings is 3. The van der Waals surface area contributed by atoms with Gasteiger partial charge in [-0.1, -0.05) is 78.9 Å². The largest absolute Gasteiger partial charge is 0.461 e. The first-order valence-electron chi connectivity index (χ1n) is 10.8. The molecule has 1 amide bonds. The Bertz CT molecular complexity index is 1050. The average molecular weight is 430 g/mol. The van der Waals surface area contributed by atoms with Gasteiger partial charge in [0.1, 0.15) is 13.2 Å². The van der Waals surface area contributed by atoms with E-state index in [0.29, 0.717) is 0 Å². The number of esters is 1. The van der Waals surface area contributed by atoms with Crippen LogP contribution >= 0.6 is 0 Å². The van der Waals surface area contributed by atoms with Gasteiger partial charge in [0.15, 0.2) is 0 Å². The Labute approximate surface area is 188 Å². The molecule has 1 aliphatic carbocycles. The molecular formula is C27H27NO4. The normalized spacial score (nSPS) is 13.1. The summed E-state index contributed by atoms with van der Waals surface area (Å²) in [5.74, 6) is -0.342. The topological polar surface area (TPSA) is 55.8 Å². The van der Waals surface area contributed by atoms with Gasteiger partial charge in [0.25, 0.3) is 0 Å². The molecule has 4 rings (SSSR count). The number of carbonyl (C=O) groups excluding carboxylic acids is 2. The number of hydrogen-bond acceptors (Lipinski definition) is 4. The first-order chi connectivity index (χ1) is 15.5. The first-order valence-corrected chi connectivity index (χ1v) is 10.8. The Kier molecular flexibility index (Phi) is 6.55. The maximum atomic E-state index is 12.7. The fourth-order valence-electron chi connectivity index (χ4n) is 4.05. The van der Waals surface area contributed by atoms with E-state index in [1.54, 1.807) is 7.05 Å². The second kappa shape index (κ2) is 9.69. The van der Waals surface area contributed by atoms with Gasteiger partial charge in [-0.3, -0.25) is 4.79 Å². The number of hydrogen-bond donors (Lipinski definition) is 0. The van der Waals surface area contributed by atoms with Crippen molar-refractivity contribution in [3.05, 3.63) is 95.6 Å². The van der Waals surface area contributed by atoms with E-state index in [0.717, 1.165) is 5.56 Å². The zero-order valence-electron chi connectivity index (χ0n) is 18.4. The van der Waals surface area contributed by atoms with Crippen molar-refractivity contribution in [2.75, 3.05) is 13.7 Å². The lowest BCUT2D eigenvalue weighted by atomic mass is 9.98. The van der Waals surface area contributed by atoms with Crippen molar-refractivity contribution in [3.63, 3.8) is 0 Å². The van der Waals surface area contributed by atoms with Gasteiger partial charge in [-0.15, -0.1) is 0 Å². The van der Waals surface area contributed by atoms with E-state index in [-0.39, 0.29) is 37.6 Å². The summed E-state index contributed by atoms with van der Waals surface area (Å²) in [6.07, 6.45) is -0.344. The summed E-state index contributed by atoms with van der Waals surface area (Å²) in [5, 5.41) is 0. The molecule has 164 valence electrons. The van der Waals surface area contributed by atoms with Crippen LogP contribution in [0.1, 0.15) is 36.0 Å².